The molecule has 0 amide bonds. The number of ether oxygens (including phenoxy) is 1. The SMILES string of the molecule is Cc1ccccc1S(=O)(=O)O[C@@H]1CCOC1. The predicted octanol–water partition coefficient (Wildman–Crippen LogP) is 1.49. The average molecular weight is 242 g/mol. The van der Waals surface area contributed by atoms with Crippen LogP contribution in [0, 0.1) is 6.92 Å². The molecule has 1 fully saturated rings. The standard InChI is InChI=1S/C11H14O4S/c1-9-4-2-3-5-11(9)16(12,13)15-10-6-7-14-8-10/h2-5,10H,6-8H2,1H3/t10-/m1/s1. The van der Waals surface area contributed by atoms with E-state index in [0.717, 1.165) is 0 Å². The van der Waals surface area contributed by atoms with E-state index >= 15 is 0 Å². The van der Waals surface area contributed by atoms with E-state index in [1.807, 2.05) is 0 Å². The van der Waals surface area contributed by atoms with Crippen LogP contribution in [0.15, 0.2) is 29.2 Å². The Morgan fingerprint density at radius 2 is 2.12 bits per heavy atom. The molecule has 0 spiro atoms. The Kier molecular flexibility index (Phi) is 3.28. The maximum absolute atomic E-state index is 11.9. The maximum Gasteiger partial charge on any atom is 0.297 e. The predicted molar refractivity (Wildman–Crippen MR) is 58.7 cm³/mol. The highest BCUT2D eigenvalue weighted by Crippen LogP contribution is 2.20. The third-order valence-corrected chi connectivity index (χ3v) is 4.04. The number of hydrogen-bond acceptors (Lipinski definition) is 4. The molecule has 1 atom stereocenters. The van der Waals surface area contributed by atoms with Gasteiger partial charge in [-0.1, -0.05) is 18.2 Å². The van der Waals surface area contributed by atoms with Gasteiger partial charge < -0.3 is 4.74 Å². The molecule has 4 nitrogen and oxygen atoms in total. The third-order valence-electron chi connectivity index (χ3n) is 2.51. The number of rotatable bonds is 3. The molecule has 0 aromatic heterocycles. The summed E-state index contributed by atoms with van der Waals surface area (Å²) in [5, 5.41) is 0. The molecule has 1 heterocycles. The molecular formula is C11H14O4S. The maximum atomic E-state index is 11.9. The minimum atomic E-state index is -3.65. The van der Waals surface area contributed by atoms with E-state index in [1.165, 1.54) is 0 Å². The van der Waals surface area contributed by atoms with Crippen LogP contribution < -0.4 is 0 Å². The molecule has 1 aromatic carbocycles. The fourth-order valence-corrected chi connectivity index (χ4v) is 2.98. The van der Waals surface area contributed by atoms with Crippen LogP contribution in [-0.4, -0.2) is 27.7 Å². The van der Waals surface area contributed by atoms with Crippen LogP contribution in [0.1, 0.15) is 12.0 Å². The molecule has 88 valence electrons. The van der Waals surface area contributed by atoms with E-state index in [0.29, 0.717) is 25.2 Å². The van der Waals surface area contributed by atoms with E-state index in [1.54, 1.807) is 31.2 Å². The minimum absolute atomic E-state index is 0.238. The highest BCUT2D eigenvalue weighted by atomic mass is 32.2. The van der Waals surface area contributed by atoms with Crippen molar-refractivity contribution in [3.8, 4) is 0 Å². The number of hydrogen-bond donors (Lipinski definition) is 0. The fourth-order valence-electron chi connectivity index (χ4n) is 1.66. The fraction of sp³-hybridized carbons (Fsp3) is 0.455. The van der Waals surface area contributed by atoms with E-state index in [9.17, 15) is 8.42 Å². The first kappa shape index (κ1) is 11.6. The van der Waals surface area contributed by atoms with Crippen LogP contribution in [0.2, 0.25) is 0 Å². The summed E-state index contributed by atoms with van der Waals surface area (Å²) in [5.41, 5.74) is 0.696. The van der Waals surface area contributed by atoms with Crippen LogP contribution in [0.3, 0.4) is 0 Å². The van der Waals surface area contributed by atoms with Crippen molar-refractivity contribution in [3.63, 3.8) is 0 Å². The lowest BCUT2D eigenvalue weighted by Crippen LogP contribution is -2.19. The van der Waals surface area contributed by atoms with Crippen LogP contribution in [0.5, 0.6) is 0 Å². The molecule has 0 unspecified atom stereocenters. The number of aryl methyl sites for hydroxylation is 1. The van der Waals surface area contributed by atoms with Gasteiger partial charge in [0.15, 0.2) is 0 Å². The molecule has 1 aliphatic heterocycles. The summed E-state index contributed by atoms with van der Waals surface area (Å²) in [5.74, 6) is 0. The summed E-state index contributed by atoms with van der Waals surface area (Å²) in [6.07, 6.45) is 0.287. The highest BCUT2D eigenvalue weighted by molar-refractivity contribution is 7.86. The van der Waals surface area contributed by atoms with E-state index in [2.05, 4.69) is 0 Å². The zero-order valence-electron chi connectivity index (χ0n) is 9.05. The van der Waals surface area contributed by atoms with Gasteiger partial charge in [0.1, 0.15) is 6.10 Å². The van der Waals surface area contributed by atoms with Crippen molar-refractivity contribution in [1.82, 2.24) is 0 Å². The van der Waals surface area contributed by atoms with Gasteiger partial charge in [-0.15, -0.1) is 0 Å². The quantitative estimate of drug-likeness (QED) is 0.753. The van der Waals surface area contributed by atoms with E-state index in [-0.39, 0.29) is 11.0 Å². The summed E-state index contributed by atoms with van der Waals surface area (Å²) in [6.45, 7) is 2.67. The minimum Gasteiger partial charge on any atom is -0.379 e. The van der Waals surface area contributed by atoms with E-state index in [4.69, 9.17) is 8.92 Å². The molecule has 0 saturated carbocycles. The monoisotopic (exact) mass is 242 g/mol. The summed E-state index contributed by atoms with van der Waals surface area (Å²) >= 11 is 0. The zero-order valence-corrected chi connectivity index (χ0v) is 9.87. The lowest BCUT2D eigenvalue weighted by Gasteiger charge is -2.11. The largest absolute Gasteiger partial charge is 0.379 e. The van der Waals surface area contributed by atoms with Crippen LogP contribution in [-0.2, 0) is 19.0 Å². The second kappa shape index (κ2) is 4.53. The Balaban J connectivity index is 2.21. The molecule has 16 heavy (non-hydrogen) atoms. The lowest BCUT2D eigenvalue weighted by molar-refractivity contribution is 0.145. The van der Waals surface area contributed by atoms with E-state index < -0.39 is 10.1 Å². The van der Waals surface area contributed by atoms with Crippen molar-refractivity contribution >= 4 is 10.1 Å². The van der Waals surface area contributed by atoms with Gasteiger partial charge in [-0.2, -0.15) is 8.42 Å². The van der Waals surface area contributed by atoms with Gasteiger partial charge in [-0.3, -0.25) is 4.18 Å². The molecule has 0 N–H and O–H groups in total. The Morgan fingerprint density at radius 1 is 1.38 bits per heavy atom. The Morgan fingerprint density at radius 3 is 2.75 bits per heavy atom. The van der Waals surface area contributed by atoms with Gasteiger partial charge >= 0.3 is 0 Å². The Hall–Kier alpha value is -0.910. The number of benzene rings is 1. The molecule has 2 rings (SSSR count). The third kappa shape index (κ3) is 2.42. The highest BCUT2D eigenvalue weighted by Gasteiger charge is 2.25. The molecule has 0 bridgehead atoms. The van der Waals surface area contributed by atoms with Crippen molar-refractivity contribution in [2.75, 3.05) is 13.2 Å². The zero-order chi connectivity index (χ0) is 11.6. The van der Waals surface area contributed by atoms with Crippen molar-refractivity contribution < 1.29 is 17.3 Å². The first-order valence-electron chi connectivity index (χ1n) is 5.16. The van der Waals surface area contributed by atoms with Gasteiger partial charge in [-0.25, -0.2) is 0 Å². The molecule has 1 aliphatic rings. The second-order valence-corrected chi connectivity index (χ2v) is 5.34. The smallest absolute Gasteiger partial charge is 0.297 e. The van der Waals surface area contributed by atoms with Crippen LogP contribution in [0.25, 0.3) is 0 Å². The van der Waals surface area contributed by atoms with Gasteiger partial charge in [0.2, 0.25) is 0 Å². The van der Waals surface area contributed by atoms with Crippen LogP contribution in [0.4, 0.5) is 0 Å². The summed E-state index contributed by atoms with van der Waals surface area (Å²) in [4.78, 5) is 0.238. The van der Waals surface area contributed by atoms with Crippen molar-refractivity contribution in [2.24, 2.45) is 0 Å². The second-order valence-electron chi connectivity index (χ2n) is 3.80. The van der Waals surface area contributed by atoms with Gasteiger partial charge in [-0.05, 0) is 18.6 Å². The lowest BCUT2D eigenvalue weighted by atomic mass is 10.2. The molecule has 0 aliphatic carbocycles. The molecule has 0 radical (unpaired) electrons. The molecule has 5 heteroatoms. The normalized spacial score (nSPS) is 21.2. The first-order chi connectivity index (χ1) is 7.59. The van der Waals surface area contributed by atoms with Crippen LogP contribution >= 0.6 is 0 Å². The van der Waals surface area contributed by atoms with Crippen molar-refractivity contribution in [2.45, 2.75) is 24.3 Å². The molecular weight excluding hydrogens is 228 g/mol. The summed E-state index contributed by atoms with van der Waals surface area (Å²) in [7, 11) is -3.65. The summed E-state index contributed by atoms with van der Waals surface area (Å²) in [6, 6.07) is 6.79. The molecule has 1 saturated heterocycles. The van der Waals surface area contributed by atoms with Gasteiger partial charge in [0, 0.05) is 13.0 Å². The Labute approximate surface area is 95.3 Å². The summed E-state index contributed by atoms with van der Waals surface area (Å²) < 4.78 is 34.1. The molecule has 1 aromatic rings. The topological polar surface area (TPSA) is 52.6 Å². The van der Waals surface area contributed by atoms with Gasteiger partial charge in [0.05, 0.1) is 11.5 Å². The van der Waals surface area contributed by atoms with Crippen molar-refractivity contribution in [3.05, 3.63) is 29.8 Å². The average Bonchev–Trinajstić information content (AvgIpc) is 2.70. The Bertz CT molecular complexity index is 461. The van der Waals surface area contributed by atoms with Gasteiger partial charge in [0.25, 0.3) is 10.1 Å². The first-order valence-corrected chi connectivity index (χ1v) is 6.57. The van der Waals surface area contributed by atoms with Crippen molar-refractivity contribution in [1.29, 1.82) is 0 Å².